The van der Waals surface area contributed by atoms with E-state index in [4.69, 9.17) is 14.6 Å². The molecule has 0 radical (unpaired) electrons. The van der Waals surface area contributed by atoms with Crippen LogP contribution in [-0.2, 0) is 9.47 Å². The molecule has 2 N–H and O–H groups in total. The number of hydrogen-bond acceptors (Lipinski definition) is 4. The summed E-state index contributed by atoms with van der Waals surface area (Å²) in [5.74, 6) is 0. The van der Waals surface area contributed by atoms with Crippen LogP contribution in [0.5, 0.6) is 0 Å². The summed E-state index contributed by atoms with van der Waals surface area (Å²) < 4.78 is 9.86. The zero-order chi connectivity index (χ0) is 7.56. The van der Waals surface area contributed by atoms with Gasteiger partial charge < -0.3 is 19.7 Å². The monoisotopic (exact) mass is 148 g/mol. The van der Waals surface area contributed by atoms with Crippen molar-refractivity contribution in [1.29, 1.82) is 0 Å². The number of aliphatic hydroxyl groups excluding tert-OH is 2. The van der Waals surface area contributed by atoms with Crippen molar-refractivity contribution in [3.63, 3.8) is 0 Å². The van der Waals surface area contributed by atoms with Crippen molar-refractivity contribution in [1.82, 2.24) is 0 Å². The van der Waals surface area contributed by atoms with Crippen molar-refractivity contribution in [3.8, 4) is 0 Å². The van der Waals surface area contributed by atoms with E-state index in [0.717, 1.165) is 0 Å². The van der Waals surface area contributed by atoms with Gasteiger partial charge >= 0.3 is 0 Å². The summed E-state index contributed by atoms with van der Waals surface area (Å²) in [6.07, 6.45) is -1.43. The first-order chi connectivity index (χ1) is 4.79. The minimum Gasteiger partial charge on any atom is -0.394 e. The number of methoxy groups -OCH3 is 1. The van der Waals surface area contributed by atoms with E-state index in [1.807, 2.05) is 0 Å². The first-order valence-electron chi connectivity index (χ1n) is 3.23. The molecule has 4 nitrogen and oxygen atoms in total. The standard InChI is InChI=1S/C6H12O4/c1-9-5-3-10-4(2-7)6(5)8/h4-8H,2-3H2,1H3/t4-,5?,6+/m1/s1. The molecule has 1 fully saturated rings. The molecule has 60 valence electrons. The molecule has 1 heterocycles. The Hall–Kier alpha value is -0.160. The van der Waals surface area contributed by atoms with E-state index in [2.05, 4.69) is 0 Å². The number of ether oxygens (including phenoxy) is 2. The van der Waals surface area contributed by atoms with Crippen LogP contribution in [0.1, 0.15) is 0 Å². The van der Waals surface area contributed by atoms with Gasteiger partial charge in [-0.3, -0.25) is 0 Å². The molecular weight excluding hydrogens is 136 g/mol. The van der Waals surface area contributed by atoms with E-state index >= 15 is 0 Å². The molecule has 0 amide bonds. The maximum absolute atomic E-state index is 9.24. The van der Waals surface area contributed by atoms with Crippen molar-refractivity contribution in [2.45, 2.75) is 18.3 Å². The molecule has 10 heavy (non-hydrogen) atoms. The third-order valence-electron chi connectivity index (χ3n) is 1.72. The van der Waals surface area contributed by atoms with Gasteiger partial charge in [0.25, 0.3) is 0 Å². The topological polar surface area (TPSA) is 58.9 Å². The summed E-state index contributed by atoms with van der Waals surface area (Å²) in [5, 5.41) is 17.8. The Morgan fingerprint density at radius 2 is 2.40 bits per heavy atom. The number of hydrogen-bond donors (Lipinski definition) is 2. The van der Waals surface area contributed by atoms with Gasteiger partial charge in [0.05, 0.1) is 13.2 Å². The average molecular weight is 148 g/mol. The summed E-state index contributed by atoms with van der Waals surface area (Å²) in [4.78, 5) is 0. The van der Waals surface area contributed by atoms with Gasteiger partial charge in [-0.25, -0.2) is 0 Å². The molecule has 1 aliphatic rings. The Kier molecular flexibility index (Phi) is 2.62. The highest BCUT2D eigenvalue weighted by Crippen LogP contribution is 2.15. The first kappa shape index (κ1) is 7.94. The van der Waals surface area contributed by atoms with E-state index in [1.165, 1.54) is 7.11 Å². The fraction of sp³-hybridized carbons (Fsp3) is 1.00. The molecule has 4 heteroatoms. The summed E-state index contributed by atoms with van der Waals surface area (Å²) in [5.41, 5.74) is 0. The Bertz CT molecular complexity index is 93.9. The highest BCUT2D eigenvalue weighted by atomic mass is 16.6. The van der Waals surface area contributed by atoms with Crippen LogP contribution < -0.4 is 0 Å². The van der Waals surface area contributed by atoms with Gasteiger partial charge in [-0.05, 0) is 0 Å². The summed E-state index contributed by atoms with van der Waals surface area (Å²) in [6, 6.07) is 0. The van der Waals surface area contributed by atoms with Crippen LogP contribution in [0.3, 0.4) is 0 Å². The Morgan fingerprint density at radius 1 is 1.70 bits per heavy atom. The van der Waals surface area contributed by atoms with Crippen LogP contribution in [0.4, 0.5) is 0 Å². The molecule has 0 spiro atoms. The predicted molar refractivity (Wildman–Crippen MR) is 33.6 cm³/mol. The molecule has 0 bridgehead atoms. The van der Waals surface area contributed by atoms with Gasteiger partial charge in [-0.1, -0.05) is 0 Å². The fourth-order valence-electron chi connectivity index (χ4n) is 1.02. The van der Waals surface area contributed by atoms with Crippen molar-refractivity contribution in [3.05, 3.63) is 0 Å². The van der Waals surface area contributed by atoms with E-state index in [1.54, 1.807) is 0 Å². The van der Waals surface area contributed by atoms with Gasteiger partial charge in [0.2, 0.25) is 0 Å². The lowest BCUT2D eigenvalue weighted by Crippen LogP contribution is -2.33. The normalized spacial score (nSPS) is 40.5. The predicted octanol–water partition coefficient (Wildman–Crippen LogP) is -1.25. The van der Waals surface area contributed by atoms with Crippen LogP contribution in [0, 0.1) is 0 Å². The maximum atomic E-state index is 9.24. The molecule has 0 saturated carbocycles. The lowest BCUT2D eigenvalue weighted by Gasteiger charge is -2.13. The van der Waals surface area contributed by atoms with Gasteiger partial charge in [0.15, 0.2) is 0 Å². The summed E-state index contributed by atoms with van der Waals surface area (Å²) >= 11 is 0. The minimum atomic E-state index is -0.685. The highest BCUT2D eigenvalue weighted by Gasteiger charge is 2.35. The van der Waals surface area contributed by atoms with Gasteiger partial charge in [-0.15, -0.1) is 0 Å². The zero-order valence-corrected chi connectivity index (χ0v) is 5.86. The molecule has 0 aromatic heterocycles. The third kappa shape index (κ3) is 1.29. The zero-order valence-electron chi connectivity index (χ0n) is 5.86. The Labute approximate surface area is 59.4 Å². The largest absolute Gasteiger partial charge is 0.394 e. The SMILES string of the molecule is COC1CO[C@H](CO)[C@@H]1O. The van der Waals surface area contributed by atoms with E-state index in [-0.39, 0.29) is 12.7 Å². The highest BCUT2D eigenvalue weighted by molar-refractivity contribution is 4.83. The molecule has 0 aromatic rings. The molecule has 1 aliphatic heterocycles. The second-order valence-corrected chi connectivity index (χ2v) is 2.32. The summed E-state index contributed by atoms with van der Waals surface area (Å²) in [7, 11) is 1.51. The Morgan fingerprint density at radius 3 is 2.70 bits per heavy atom. The van der Waals surface area contributed by atoms with Gasteiger partial charge in [0, 0.05) is 7.11 Å². The van der Waals surface area contributed by atoms with E-state index in [9.17, 15) is 5.11 Å². The van der Waals surface area contributed by atoms with Crippen LogP contribution in [0.15, 0.2) is 0 Å². The number of rotatable bonds is 2. The molecule has 3 atom stereocenters. The van der Waals surface area contributed by atoms with Crippen molar-refractivity contribution in [2.24, 2.45) is 0 Å². The average Bonchev–Trinajstić information content (AvgIpc) is 2.30. The molecule has 1 saturated heterocycles. The smallest absolute Gasteiger partial charge is 0.111 e. The molecule has 1 unspecified atom stereocenters. The van der Waals surface area contributed by atoms with Gasteiger partial charge in [-0.2, -0.15) is 0 Å². The summed E-state index contributed by atoms with van der Waals surface area (Å²) in [6.45, 7) is 0.212. The van der Waals surface area contributed by atoms with Crippen LogP contribution in [0.2, 0.25) is 0 Å². The van der Waals surface area contributed by atoms with Gasteiger partial charge in [0.1, 0.15) is 18.3 Å². The molecule has 0 aromatic carbocycles. The quantitative estimate of drug-likeness (QED) is 0.514. The van der Waals surface area contributed by atoms with Crippen LogP contribution in [-0.4, -0.2) is 48.8 Å². The second-order valence-electron chi connectivity index (χ2n) is 2.32. The first-order valence-corrected chi connectivity index (χ1v) is 3.23. The second kappa shape index (κ2) is 3.30. The van der Waals surface area contributed by atoms with Crippen LogP contribution in [0.25, 0.3) is 0 Å². The fourth-order valence-corrected chi connectivity index (χ4v) is 1.02. The third-order valence-corrected chi connectivity index (χ3v) is 1.72. The lowest BCUT2D eigenvalue weighted by atomic mass is 10.2. The minimum absolute atomic E-state index is 0.152. The lowest BCUT2D eigenvalue weighted by molar-refractivity contribution is -0.0141. The molecule has 1 rings (SSSR count). The van der Waals surface area contributed by atoms with E-state index in [0.29, 0.717) is 6.61 Å². The molecule has 0 aliphatic carbocycles. The molecular formula is C6H12O4. The van der Waals surface area contributed by atoms with Crippen molar-refractivity contribution >= 4 is 0 Å². The van der Waals surface area contributed by atoms with Crippen molar-refractivity contribution in [2.75, 3.05) is 20.3 Å². The van der Waals surface area contributed by atoms with Crippen LogP contribution >= 0.6 is 0 Å². The Balaban J connectivity index is 2.41. The van der Waals surface area contributed by atoms with Crippen molar-refractivity contribution < 1.29 is 19.7 Å². The van der Waals surface area contributed by atoms with E-state index < -0.39 is 12.2 Å². The number of aliphatic hydroxyl groups is 2. The maximum Gasteiger partial charge on any atom is 0.111 e.